The highest BCUT2D eigenvalue weighted by atomic mass is 19.1. The molecule has 3 aromatic rings. The predicted molar refractivity (Wildman–Crippen MR) is 114 cm³/mol. The van der Waals surface area contributed by atoms with E-state index in [9.17, 15) is 14.0 Å². The van der Waals surface area contributed by atoms with Crippen molar-refractivity contribution in [2.24, 2.45) is 5.92 Å². The Labute approximate surface area is 180 Å². The fraction of sp³-hybridized carbons (Fsp3) is 0.292. The van der Waals surface area contributed by atoms with Gasteiger partial charge in [0, 0.05) is 31.3 Å². The van der Waals surface area contributed by atoms with Crippen LogP contribution in [0.1, 0.15) is 34.5 Å². The standard InChI is InChI=1S/C24H24FN3O3/c1-16-4-8-18(9-5-16)22-13-21(27-31-22)24(30)28-12-2-3-19(15-28)23(29)26-14-17-6-10-20(25)11-7-17/h4-11,13,19H,2-3,12,14-15H2,1H3,(H,26,29). The summed E-state index contributed by atoms with van der Waals surface area (Å²) in [4.78, 5) is 27.2. The molecule has 0 bridgehead atoms. The van der Waals surface area contributed by atoms with Crippen LogP contribution in [0.25, 0.3) is 11.3 Å². The number of halogens is 1. The quantitative estimate of drug-likeness (QED) is 0.677. The lowest BCUT2D eigenvalue weighted by Gasteiger charge is -2.31. The Kier molecular flexibility index (Phi) is 6.11. The number of carbonyl (C=O) groups is 2. The third-order valence-corrected chi connectivity index (χ3v) is 5.52. The van der Waals surface area contributed by atoms with Crippen LogP contribution in [-0.4, -0.2) is 35.0 Å². The van der Waals surface area contributed by atoms with E-state index in [4.69, 9.17) is 4.52 Å². The predicted octanol–water partition coefficient (Wildman–Crippen LogP) is 3.96. The van der Waals surface area contributed by atoms with Crippen LogP contribution in [0, 0.1) is 18.7 Å². The fourth-order valence-corrected chi connectivity index (χ4v) is 3.70. The minimum atomic E-state index is -0.310. The summed E-state index contributed by atoms with van der Waals surface area (Å²) in [5.41, 5.74) is 3.05. The van der Waals surface area contributed by atoms with Gasteiger partial charge in [0.1, 0.15) is 5.82 Å². The van der Waals surface area contributed by atoms with Crippen molar-refractivity contribution in [3.05, 3.63) is 77.2 Å². The lowest BCUT2D eigenvalue weighted by Crippen LogP contribution is -2.45. The van der Waals surface area contributed by atoms with E-state index in [0.29, 0.717) is 31.8 Å². The molecular formula is C24H24FN3O3. The highest BCUT2D eigenvalue weighted by Crippen LogP contribution is 2.23. The third kappa shape index (κ3) is 4.99. The van der Waals surface area contributed by atoms with Gasteiger partial charge in [-0.2, -0.15) is 0 Å². The number of hydrogen-bond acceptors (Lipinski definition) is 4. The molecule has 6 nitrogen and oxygen atoms in total. The molecule has 2 amide bonds. The summed E-state index contributed by atoms with van der Waals surface area (Å²) >= 11 is 0. The molecule has 0 saturated carbocycles. The maximum absolute atomic E-state index is 13.0. The fourth-order valence-electron chi connectivity index (χ4n) is 3.70. The van der Waals surface area contributed by atoms with Crippen molar-refractivity contribution in [2.75, 3.05) is 13.1 Å². The van der Waals surface area contributed by atoms with Crippen LogP contribution >= 0.6 is 0 Å². The topological polar surface area (TPSA) is 75.4 Å². The summed E-state index contributed by atoms with van der Waals surface area (Å²) in [6, 6.07) is 15.4. The number of hydrogen-bond donors (Lipinski definition) is 1. The second kappa shape index (κ2) is 9.12. The molecule has 31 heavy (non-hydrogen) atoms. The van der Waals surface area contributed by atoms with Gasteiger partial charge in [0.2, 0.25) is 5.91 Å². The largest absolute Gasteiger partial charge is 0.355 e. The molecule has 160 valence electrons. The van der Waals surface area contributed by atoms with Crippen LogP contribution in [-0.2, 0) is 11.3 Å². The molecule has 2 heterocycles. The number of aryl methyl sites for hydroxylation is 1. The van der Waals surface area contributed by atoms with Crippen LogP contribution in [0.5, 0.6) is 0 Å². The zero-order valence-corrected chi connectivity index (χ0v) is 17.3. The van der Waals surface area contributed by atoms with Gasteiger partial charge in [-0.1, -0.05) is 47.1 Å². The normalized spacial score (nSPS) is 16.2. The van der Waals surface area contributed by atoms with Crippen LogP contribution in [0.3, 0.4) is 0 Å². The number of aromatic nitrogens is 1. The van der Waals surface area contributed by atoms with Gasteiger partial charge in [-0.15, -0.1) is 0 Å². The lowest BCUT2D eigenvalue weighted by atomic mass is 9.96. The van der Waals surface area contributed by atoms with Gasteiger partial charge in [-0.3, -0.25) is 9.59 Å². The van der Waals surface area contributed by atoms with Crippen LogP contribution < -0.4 is 5.32 Å². The molecular weight excluding hydrogens is 397 g/mol. The first-order chi connectivity index (χ1) is 15.0. The smallest absolute Gasteiger partial charge is 0.276 e. The molecule has 1 atom stereocenters. The maximum atomic E-state index is 13.0. The highest BCUT2D eigenvalue weighted by molar-refractivity contribution is 5.93. The van der Waals surface area contributed by atoms with E-state index < -0.39 is 0 Å². The summed E-state index contributed by atoms with van der Waals surface area (Å²) in [5.74, 6) is -0.411. The molecule has 1 aliphatic rings. The number of amides is 2. The lowest BCUT2D eigenvalue weighted by molar-refractivity contribution is -0.126. The summed E-state index contributed by atoms with van der Waals surface area (Å²) in [7, 11) is 0. The number of benzene rings is 2. The van der Waals surface area contributed by atoms with Crippen molar-refractivity contribution in [1.82, 2.24) is 15.4 Å². The van der Waals surface area contributed by atoms with Gasteiger partial charge in [0.25, 0.3) is 5.91 Å². The molecule has 0 radical (unpaired) electrons. The van der Waals surface area contributed by atoms with Gasteiger partial charge in [0.05, 0.1) is 5.92 Å². The number of rotatable bonds is 5. The van der Waals surface area contributed by atoms with Gasteiger partial charge in [-0.25, -0.2) is 4.39 Å². The minimum absolute atomic E-state index is 0.109. The monoisotopic (exact) mass is 421 g/mol. The molecule has 1 saturated heterocycles. The van der Waals surface area contributed by atoms with E-state index in [2.05, 4.69) is 10.5 Å². The van der Waals surface area contributed by atoms with E-state index in [-0.39, 0.29) is 29.2 Å². The summed E-state index contributed by atoms with van der Waals surface area (Å²) in [6.45, 7) is 3.24. The molecule has 1 unspecified atom stereocenters. The molecule has 1 aliphatic heterocycles. The number of carbonyl (C=O) groups excluding carboxylic acids is 2. The summed E-state index contributed by atoms with van der Waals surface area (Å²) in [6.07, 6.45) is 1.45. The SMILES string of the molecule is Cc1ccc(-c2cc(C(=O)N3CCCC(C(=O)NCc4ccc(F)cc4)C3)no2)cc1. The average molecular weight is 421 g/mol. The molecule has 1 aromatic heterocycles. The number of nitrogens with zero attached hydrogens (tertiary/aromatic N) is 2. The van der Waals surface area contributed by atoms with Crippen molar-refractivity contribution in [3.63, 3.8) is 0 Å². The zero-order chi connectivity index (χ0) is 21.8. The molecule has 0 aliphatic carbocycles. The highest BCUT2D eigenvalue weighted by Gasteiger charge is 2.30. The molecule has 7 heteroatoms. The first-order valence-electron chi connectivity index (χ1n) is 10.3. The van der Waals surface area contributed by atoms with Crippen LogP contribution in [0.2, 0.25) is 0 Å². The van der Waals surface area contributed by atoms with E-state index in [1.807, 2.05) is 31.2 Å². The van der Waals surface area contributed by atoms with E-state index in [0.717, 1.165) is 23.1 Å². The Morgan fingerprint density at radius 3 is 2.65 bits per heavy atom. The van der Waals surface area contributed by atoms with Crippen LogP contribution in [0.4, 0.5) is 4.39 Å². The Bertz CT molecular complexity index is 1060. The number of nitrogens with one attached hydrogen (secondary N) is 1. The zero-order valence-electron chi connectivity index (χ0n) is 17.3. The Balaban J connectivity index is 1.36. The average Bonchev–Trinajstić information content (AvgIpc) is 3.29. The van der Waals surface area contributed by atoms with Gasteiger partial charge in [0.15, 0.2) is 11.5 Å². The number of piperidine rings is 1. The van der Waals surface area contributed by atoms with Crippen molar-refractivity contribution < 1.29 is 18.5 Å². The first kappa shape index (κ1) is 20.8. The van der Waals surface area contributed by atoms with Gasteiger partial charge in [-0.05, 0) is 37.5 Å². The third-order valence-electron chi connectivity index (χ3n) is 5.52. The van der Waals surface area contributed by atoms with Crippen molar-refractivity contribution in [1.29, 1.82) is 0 Å². The van der Waals surface area contributed by atoms with Crippen molar-refractivity contribution in [2.45, 2.75) is 26.3 Å². The Hall–Kier alpha value is -3.48. The molecule has 2 aromatic carbocycles. The Morgan fingerprint density at radius 2 is 1.90 bits per heavy atom. The van der Waals surface area contributed by atoms with Gasteiger partial charge < -0.3 is 14.7 Å². The molecule has 1 fully saturated rings. The van der Waals surface area contributed by atoms with Crippen LogP contribution in [0.15, 0.2) is 59.1 Å². The van der Waals surface area contributed by atoms with E-state index in [1.165, 1.54) is 12.1 Å². The Morgan fingerprint density at radius 1 is 1.16 bits per heavy atom. The first-order valence-corrected chi connectivity index (χ1v) is 10.3. The van der Waals surface area contributed by atoms with E-state index in [1.54, 1.807) is 23.1 Å². The molecule has 1 N–H and O–H groups in total. The maximum Gasteiger partial charge on any atom is 0.276 e. The molecule has 0 spiro atoms. The summed E-state index contributed by atoms with van der Waals surface area (Å²) in [5, 5.41) is 6.83. The minimum Gasteiger partial charge on any atom is -0.355 e. The summed E-state index contributed by atoms with van der Waals surface area (Å²) < 4.78 is 18.4. The van der Waals surface area contributed by atoms with Crippen molar-refractivity contribution >= 4 is 11.8 Å². The number of likely N-dealkylation sites (tertiary alicyclic amines) is 1. The second-order valence-corrected chi connectivity index (χ2v) is 7.88. The van der Waals surface area contributed by atoms with E-state index >= 15 is 0 Å². The second-order valence-electron chi connectivity index (χ2n) is 7.88. The van der Waals surface area contributed by atoms with Crippen molar-refractivity contribution in [3.8, 4) is 11.3 Å². The molecule has 4 rings (SSSR count). The van der Waals surface area contributed by atoms with Gasteiger partial charge >= 0.3 is 0 Å².